The first kappa shape index (κ1) is 20.2. The maximum Gasteiger partial charge on any atom is 0.407 e. The summed E-state index contributed by atoms with van der Waals surface area (Å²) in [6.07, 6.45) is 4.32. The fourth-order valence-electron chi connectivity index (χ4n) is 2.92. The zero-order valence-electron chi connectivity index (χ0n) is 15.9. The van der Waals surface area contributed by atoms with Gasteiger partial charge in [-0.1, -0.05) is 0 Å². The van der Waals surface area contributed by atoms with E-state index < -0.39 is 5.60 Å². The first-order valence-electron chi connectivity index (χ1n) is 9.14. The van der Waals surface area contributed by atoms with E-state index in [2.05, 4.69) is 29.4 Å². The lowest BCUT2D eigenvalue weighted by molar-refractivity contribution is 0.0506. The monoisotopic (exact) mass is 327 g/mol. The lowest BCUT2D eigenvalue weighted by atomic mass is 10.1. The molecule has 0 aliphatic carbocycles. The highest BCUT2D eigenvalue weighted by molar-refractivity contribution is 5.67. The SMILES string of the molecule is CC(CCNC1CCCN(C(C)C)CC1)NC(=O)OC(C)(C)C. The lowest BCUT2D eigenvalue weighted by Crippen LogP contribution is -2.40. The van der Waals surface area contributed by atoms with Gasteiger partial charge in [0.25, 0.3) is 0 Å². The van der Waals surface area contributed by atoms with Gasteiger partial charge < -0.3 is 20.3 Å². The number of alkyl carbamates (subject to hydrolysis) is 1. The molecule has 1 amide bonds. The average Bonchev–Trinajstić information content (AvgIpc) is 2.61. The van der Waals surface area contributed by atoms with Crippen LogP contribution in [0.15, 0.2) is 0 Å². The molecule has 1 rings (SSSR count). The first-order chi connectivity index (χ1) is 10.7. The third-order valence-corrected chi connectivity index (χ3v) is 4.27. The second kappa shape index (κ2) is 9.48. The van der Waals surface area contributed by atoms with Crippen LogP contribution in [0.3, 0.4) is 0 Å². The summed E-state index contributed by atoms with van der Waals surface area (Å²) in [4.78, 5) is 14.3. The highest BCUT2D eigenvalue weighted by atomic mass is 16.6. The minimum atomic E-state index is -0.440. The number of carbonyl (C=O) groups excluding carboxylic acids is 1. The van der Waals surface area contributed by atoms with Crippen molar-refractivity contribution in [2.75, 3.05) is 19.6 Å². The van der Waals surface area contributed by atoms with Crippen LogP contribution in [0, 0.1) is 0 Å². The van der Waals surface area contributed by atoms with Gasteiger partial charge in [-0.3, -0.25) is 0 Å². The second-order valence-corrected chi connectivity index (χ2v) is 8.05. The Kier molecular flexibility index (Phi) is 8.34. The summed E-state index contributed by atoms with van der Waals surface area (Å²) in [5.74, 6) is 0. The normalized spacial score (nSPS) is 21.8. The zero-order valence-corrected chi connectivity index (χ0v) is 15.9. The first-order valence-corrected chi connectivity index (χ1v) is 9.14. The summed E-state index contributed by atoms with van der Waals surface area (Å²) >= 11 is 0. The summed E-state index contributed by atoms with van der Waals surface area (Å²) in [5, 5.41) is 6.55. The quantitative estimate of drug-likeness (QED) is 0.787. The molecular weight excluding hydrogens is 290 g/mol. The summed E-state index contributed by atoms with van der Waals surface area (Å²) in [5.41, 5.74) is -0.440. The Hall–Kier alpha value is -0.810. The fourth-order valence-corrected chi connectivity index (χ4v) is 2.92. The molecule has 23 heavy (non-hydrogen) atoms. The number of likely N-dealkylation sites (tertiary alicyclic amines) is 1. The lowest BCUT2D eigenvalue weighted by Gasteiger charge is -2.24. The molecule has 1 fully saturated rings. The Labute approximate surface area is 142 Å². The molecular formula is C18H37N3O2. The highest BCUT2D eigenvalue weighted by Gasteiger charge is 2.19. The Balaban J connectivity index is 2.19. The number of carbonyl (C=O) groups is 1. The number of hydrogen-bond donors (Lipinski definition) is 2. The maximum atomic E-state index is 11.7. The number of hydrogen-bond acceptors (Lipinski definition) is 4. The van der Waals surface area contributed by atoms with E-state index in [4.69, 9.17) is 4.74 Å². The second-order valence-electron chi connectivity index (χ2n) is 8.05. The van der Waals surface area contributed by atoms with Crippen LogP contribution in [0.2, 0.25) is 0 Å². The van der Waals surface area contributed by atoms with Crippen molar-refractivity contribution in [2.45, 2.75) is 91.0 Å². The van der Waals surface area contributed by atoms with E-state index in [0.29, 0.717) is 12.1 Å². The van der Waals surface area contributed by atoms with Crippen molar-refractivity contribution in [3.63, 3.8) is 0 Å². The number of ether oxygens (including phenoxy) is 1. The van der Waals surface area contributed by atoms with E-state index in [1.807, 2.05) is 27.7 Å². The van der Waals surface area contributed by atoms with Crippen LogP contribution in [-0.4, -0.2) is 54.4 Å². The maximum absolute atomic E-state index is 11.7. The molecule has 1 saturated heterocycles. The van der Waals surface area contributed by atoms with Crippen LogP contribution in [0.25, 0.3) is 0 Å². The third-order valence-electron chi connectivity index (χ3n) is 4.27. The average molecular weight is 328 g/mol. The number of rotatable bonds is 6. The van der Waals surface area contributed by atoms with Crippen LogP contribution >= 0.6 is 0 Å². The summed E-state index contributed by atoms with van der Waals surface area (Å²) in [7, 11) is 0. The molecule has 1 aliphatic rings. The molecule has 0 aromatic rings. The van der Waals surface area contributed by atoms with E-state index in [1.54, 1.807) is 0 Å². The van der Waals surface area contributed by atoms with Gasteiger partial charge >= 0.3 is 6.09 Å². The van der Waals surface area contributed by atoms with E-state index >= 15 is 0 Å². The molecule has 2 N–H and O–H groups in total. The standard InChI is InChI=1S/C18H37N3O2/c1-14(2)21-12-7-8-16(10-13-21)19-11-9-15(3)20-17(22)23-18(4,5)6/h14-16,19H,7-13H2,1-6H3,(H,20,22). The summed E-state index contributed by atoms with van der Waals surface area (Å²) in [6.45, 7) is 15.5. The molecule has 0 radical (unpaired) electrons. The molecule has 1 heterocycles. The van der Waals surface area contributed by atoms with Crippen molar-refractivity contribution in [3.8, 4) is 0 Å². The minimum Gasteiger partial charge on any atom is -0.444 e. The highest BCUT2D eigenvalue weighted by Crippen LogP contribution is 2.13. The fraction of sp³-hybridized carbons (Fsp3) is 0.944. The van der Waals surface area contributed by atoms with Crippen molar-refractivity contribution in [1.29, 1.82) is 0 Å². The van der Waals surface area contributed by atoms with Crippen LogP contribution in [0.1, 0.15) is 67.2 Å². The molecule has 136 valence electrons. The topological polar surface area (TPSA) is 53.6 Å². The van der Waals surface area contributed by atoms with Crippen molar-refractivity contribution in [1.82, 2.24) is 15.5 Å². The predicted molar refractivity (Wildman–Crippen MR) is 95.8 cm³/mol. The van der Waals surface area contributed by atoms with Gasteiger partial charge in [-0.25, -0.2) is 4.79 Å². The van der Waals surface area contributed by atoms with E-state index in [1.165, 1.54) is 32.4 Å². The van der Waals surface area contributed by atoms with Crippen molar-refractivity contribution in [3.05, 3.63) is 0 Å². The van der Waals surface area contributed by atoms with Crippen LogP contribution in [0.5, 0.6) is 0 Å². The van der Waals surface area contributed by atoms with Gasteiger partial charge in [-0.2, -0.15) is 0 Å². The van der Waals surface area contributed by atoms with E-state index in [-0.39, 0.29) is 12.1 Å². The molecule has 5 nitrogen and oxygen atoms in total. The van der Waals surface area contributed by atoms with Crippen LogP contribution in [0.4, 0.5) is 4.79 Å². The molecule has 0 aromatic heterocycles. The van der Waals surface area contributed by atoms with Crippen LogP contribution in [-0.2, 0) is 4.74 Å². The van der Waals surface area contributed by atoms with E-state index in [9.17, 15) is 4.79 Å². The third kappa shape index (κ3) is 9.16. The Morgan fingerprint density at radius 1 is 1.22 bits per heavy atom. The predicted octanol–water partition coefficient (Wildman–Crippen LogP) is 3.14. The van der Waals surface area contributed by atoms with Gasteiger partial charge in [-0.15, -0.1) is 0 Å². The van der Waals surface area contributed by atoms with Gasteiger partial charge in [0.1, 0.15) is 5.60 Å². The smallest absolute Gasteiger partial charge is 0.407 e. The van der Waals surface area contributed by atoms with Crippen molar-refractivity contribution < 1.29 is 9.53 Å². The summed E-state index contributed by atoms with van der Waals surface area (Å²) in [6, 6.07) is 1.37. The van der Waals surface area contributed by atoms with Gasteiger partial charge in [0.05, 0.1) is 0 Å². The van der Waals surface area contributed by atoms with Gasteiger partial charge in [0, 0.05) is 18.1 Å². The van der Waals surface area contributed by atoms with Gasteiger partial charge in [0.15, 0.2) is 0 Å². The van der Waals surface area contributed by atoms with E-state index in [0.717, 1.165) is 13.0 Å². The van der Waals surface area contributed by atoms with Crippen LogP contribution < -0.4 is 10.6 Å². The molecule has 2 unspecified atom stereocenters. The molecule has 0 spiro atoms. The Morgan fingerprint density at radius 2 is 1.91 bits per heavy atom. The van der Waals surface area contributed by atoms with Gasteiger partial charge in [-0.05, 0) is 86.9 Å². The number of nitrogens with zero attached hydrogens (tertiary/aromatic N) is 1. The zero-order chi connectivity index (χ0) is 17.5. The largest absolute Gasteiger partial charge is 0.444 e. The van der Waals surface area contributed by atoms with Gasteiger partial charge in [0.2, 0.25) is 0 Å². The van der Waals surface area contributed by atoms with Crippen molar-refractivity contribution in [2.24, 2.45) is 0 Å². The molecule has 0 aromatic carbocycles. The Bertz CT molecular complexity index is 353. The molecule has 1 aliphatic heterocycles. The number of amides is 1. The molecule has 0 saturated carbocycles. The van der Waals surface area contributed by atoms with Crippen molar-refractivity contribution >= 4 is 6.09 Å². The molecule has 0 bridgehead atoms. The Morgan fingerprint density at radius 3 is 2.52 bits per heavy atom. The number of nitrogens with one attached hydrogen (secondary N) is 2. The summed E-state index contributed by atoms with van der Waals surface area (Å²) < 4.78 is 5.28. The molecule has 5 heteroatoms. The minimum absolute atomic E-state index is 0.121. The molecule has 2 atom stereocenters.